The highest BCUT2D eigenvalue weighted by molar-refractivity contribution is 7.90. The Kier molecular flexibility index (Phi) is 8.66. The van der Waals surface area contributed by atoms with Crippen LogP contribution in [0.1, 0.15) is 56.6 Å². The number of benzene rings is 4. The van der Waals surface area contributed by atoms with Crippen LogP contribution in [0.4, 0.5) is 0 Å². The van der Waals surface area contributed by atoms with Gasteiger partial charge in [0.1, 0.15) is 0 Å². The number of sulfonamides is 2. The quantitative estimate of drug-likeness (QED) is 0.245. The summed E-state index contributed by atoms with van der Waals surface area (Å²) in [5.41, 5.74) is 5.68. The average molecular weight is 577 g/mol. The summed E-state index contributed by atoms with van der Waals surface area (Å²) < 4.78 is 61.8. The molecule has 8 heteroatoms. The van der Waals surface area contributed by atoms with Crippen molar-refractivity contribution >= 4 is 20.0 Å². The summed E-state index contributed by atoms with van der Waals surface area (Å²) in [6, 6.07) is 23.5. The molecule has 0 heterocycles. The highest BCUT2D eigenvalue weighted by atomic mass is 32.2. The third-order valence-corrected chi connectivity index (χ3v) is 10.5. The second-order valence-electron chi connectivity index (χ2n) is 10.5. The van der Waals surface area contributed by atoms with Gasteiger partial charge in [-0.15, -0.1) is 0 Å². The van der Waals surface area contributed by atoms with E-state index in [0.29, 0.717) is 33.4 Å². The van der Waals surface area contributed by atoms with Crippen LogP contribution in [0.25, 0.3) is 0 Å². The van der Waals surface area contributed by atoms with Gasteiger partial charge in [-0.25, -0.2) is 26.3 Å². The molecule has 4 aromatic carbocycles. The van der Waals surface area contributed by atoms with Gasteiger partial charge in [0.25, 0.3) is 0 Å². The molecule has 0 fully saturated rings. The van der Waals surface area contributed by atoms with E-state index in [2.05, 4.69) is 9.44 Å². The van der Waals surface area contributed by atoms with Crippen molar-refractivity contribution in [1.82, 2.24) is 9.44 Å². The Bertz CT molecular complexity index is 1560. The van der Waals surface area contributed by atoms with E-state index >= 15 is 0 Å². The maximum atomic E-state index is 14.0. The van der Waals surface area contributed by atoms with Gasteiger partial charge >= 0.3 is 0 Å². The smallest absolute Gasteiger partial charge is 0.207 e. The number of aryl methyl sites for hydroxylation is 6. The third kappa shape index (κ3) is 6.36. The van der Waals surface area contributed by atoms with Crippen LogP contribution in [-0.2, 0) is 20.0 Å². The molecule has 0 radical (unpaired) electrons. The molecule has 210 valence electrons. The van der Waals surface area contributed by atoms with Crippen LogP contribution < -0.4 is 9.44 Å². The Labute approximate surface area is 238 Å². The first-order valence-corrected chi connectivity index (χ1v) is 16.1. The minimum Gasteiger partial charge on any atom is -0.207 e. The van der Waals surface area contributed by atoms with Crippen LogP contribution in [0.2, 0.25) is 0 Å². The van der Waals surface area contributed by atoms with Crippen molar-refractivity contribution in [3.8, 4) is 0 Å². The second-order valence-corrected chi connectivity index (χ2v) is 13.8. The van der Waals surface area contributed by atoms with Crippen LogP contribution >= 0.6 is 0 Å². The number of nitrogens with one attached hydrogen (secondary N) is 2. The Hall–Kier alpha value is -3.30. The van der Waals surface area contributed by atoms with Crippen molar-refractivity contribution in [3.63, 3.8) is 0 Å². The molecular weight excluding hydrogens is 540 g/mol. The molecular formula is C32H36N2O4S2. The van der Waals surface area contributed by atoms with E-state index in [-0.39, 0.29) is 9.79 Å². The Balaban J connectivity index is 1.89. The lowest BCUT2D eigenvalue weighted by Crippen LogP contribution is -2.41. The van der Waals surface area contributed by atoms with Crippen LogP contribution in [-0.4, -0.2) is 16.8 Å². The summed E-state index contributed by atoms with van der Waals surface area (Å²) in [5, 5.41) is 0. The summed E-state index contributed by atoms with van der Waals surface area (Å²) in [6.45, 7) is 10.9. The minimum atomic E-state index is -4.07. The Morgan fingerprint density at radius 1 is 0.475 bits per heavy atom. The molecule has 6 nitrogen and oxygen atoms in total. The van der Waals surface area contributed by atoms with E-state index in [1.165, 1.54) is 0 Å². The lowest BCUT2D eigenvalue weighted by molar-refractivity contribution is 0.466. The predicted octanol–water partition coefficient (Wildman–Crippen LogP) is 6.28. The molecule has 2 unspecified atom stereocenters. The Morgan fingerprint density at radius 2 is 0.750 bits per heavy atom. The maximum Gasteiger partial charge on any atom is 0.241 e. The normalized spacial score (nSPS) is 13.7. The second kappa shape index (κ2) is 11.7. The fourth-order valence-corrected chi connectivity index (χ4v) is 8.99. The molecule has 2 N–H and O–H groups in total. The molecule has 0 aromatic heterocycles. The van der Waals surface area contributed by atoms with Gasteiger partial charge in [-0.2, -0.15) is 0 Å². The topological polar surface area (TPSA) is 92.3 Å². The zero-order valence-corrected chi connectivity index (χ0v) is 25.3. The van der Waals surface area contributed by atoms with Crippen LogP contribution in [0.5, 0.6) is 0 Å². The minimum absolute atomic E-state index is 0.193. The zero-order chi connectivity index (χ0) is 29.2. The lowest BCUT2D eigenvalue weighted by atomic mass is 9.95. The van der Waals surface area contributed by atoms with Crippen LogP contribution in [0.3, 0.4) is 0 Å². The largest absolute Gasteiger partial charge is 0.241 e. The zero-order valence-electron chi connectivity index (χ0n) is 23.7. The summed E-state index contributed by atoms with van der Waals surface area (Å²) in [4.78, 5) is 0.387. The van der Waals surface area contributed by atoms with Gasteiger partial charge in [-0.3, -0.25) is 0 Å². The van der Waals surface area contributed by atoms with Crippen LogP contribution in [0, 0.1) is 41.5 Å². The summed E-state index contributed by atoms with van der Waals surface area (Å²) in [7, 11) is -8.13. The molecule has 0 aliphatic carbocycles. The fourth-order valence-electron chi connectivity index (χ4n) is 5.61. The average Bonchev–Trinajstić information content (AvgIpc) is 2.85. The predicted molar refractivity (Wildman–Crippen MR) is 160 cm³/mol. The standard InChI is InChI=1S/C32H36N2O4S2/c1-21-17-23(3)31(24(4)18-21)39(35,36)33-29(27-13-9-7-10-14-27)30(28-15-11-8-12-16-28)34-40(37,38)32-25(5)19-22(2)20-26(32)6/h7-20,29-30,33-34H,1-6H3. The van der Waals surface area contributed by atoms with Crippen molar-refractivity contribution in [2.45, 2.75) is 63.4 Å². The number of hydrogen-bond acceptors (Lipinski definition) is 4. The summed E-state index contributed by atoms with van der Waals surface area (Å²) in [5.74, 6) is 0. The van der Waals surface area contributed by atoms with E-state index in [1.807, 2.05) is 74.5 Å². The first-order chi connectivity index (χ1) is 18.8. The molecule has 4 aromatic rings. The van der Waals surface area contributed by atoms with Gasteiger partial charge in [0.05, 0.1) is 21.9 Å². The van der Waals surface area contributed by atoms with E-state index in [9.17, 15) is 16.8 Å². The van der Waals surface area contributed by atoms with Crippen molar-refractivity contribution in [2.75, 3.05) is 0 Å². The molecule has 0 aliphatic rings. The molecule has 0 saturated heterocycles. The molecule has 2 atom stereocenters. The van der Waals surface area contributed by atoms with E-state index < -0.39 is 32.1 Å². The van der Waals surface area contributed by atoms with Crippen LogP contribution in [0.15, 0.2) is 94.7 Å². The molecule has 0 aliphatic heterocycles. The molecule has 0 amide bonds. The van der Waals surface area contributed by atoms with E-state index in [4.69, 9.17) is 0 Å². The van der Waals surface area contributed by atoms with Gasteiger partial charge < -0.3 is 0 Å². The number of rotatable bonds is 9. The fraction of sp³-hybridized carbons (Fsp3) is 0.250. The highest BCUT2D eigenvalue weighted by Gasteiger charge is 2.35. The van der Waals surface area contributed by atoms with Crippen molar-refractivity contribution < 1.29 is 16.8 Å². The van der Waals surface area contributed by atoms with Gasteiger partial charge in [-0.1, -0.05) is 96.1 Å². The summed E-state index contributed by atoms with van der Waals surface area (Å²) in [6.07, 6.45) is 0. The third-order valence-electron chi connectivity index (χ3n) is 6.96. The highest BCUT2D eigenvalue weighted by Crippen LogP contribution is 2.34. The first-order valence-electron chi connectivity index (χ1n) is 13.1. The van der Waals surface area contributed by atoms with Gasteiger partial charge in [0.15, 0.2) is 0 Å². The molecule has 0 saturated carbocycles. The van der Waals surface area contributed by atoms with Gasteiger partial charge in [0, 0.05) is 0 Å². The maximum absolute atomic E-state index is 14.0. The van der Waals surface area contributed by atoms with E-state index in [1.54, 1.807) is 52.0 Å². The monoisotopic (exact) mass is 576 g/mol. The van der Waals surface area contributed by atoms with Gasteiger partial charge in [-0.05, 0) is 74.9 Å². The van der Waals surface area contributed by atoms with E-state index in [0.717, 1.165) is 11.1 Å². The van der Waals surface area contributed by atoms with Gasteiger partial charge in [0.2, 0.25) is 20.0 Å². The van der Waals surface area contributed by atoms with Crippen molar-refractivity contribution in [1.29, 1.82) is 0 Å². The molecule has 0 spiro atoms. The first kappa shape index (κ1) is 29.7. The Morgan fingerprint density at radius 3 is 1.02 bits per heavy atom. The summed E-state index contributed by atoms with van der Waals surface area (Å²) >= 11 is 0. The SMILES string of the molecule is Cc1cc(C)c(S(=O)(=O)NC(c2ccccc2)C(NS(=O)(=O)c2c(C)cc(C)cc2C)c2ccccc2)c(C)c1. The molecule has 40 heavy (non-hydrogen) atoms. The molecule has 4 rings (SSSR count). The van der Waals surface area contributed by atoms with Crippen molar-refractivity contribution in [2.24, 2.45) is 0 Å². The molecule has 0 bridgehead atoms. The number of hydrogen-bond donors (Lipinski definition) is 2. The van der Waals surface area contributed by atoms with Crippen molar-refractivity contribution in [3.05, 3.63) is 129 Å². The lowest BCUT2D eigenvalue weighted by Gasteiger charge is -2.30.